The number of aryl methyl sites for hydroxylation is 2. The van der Waals surface area contributed by atoms with E-state index in [-0.39, 0.29) is 0 Å². The summed E-state index contributed by atoms with van der Waals surface area (Å²) in [7, 11) is 0. The minimum absolute atomic E-state index is 0.338. The van der Waals surface area contributed by atoms with Crippen LogP contribution in [0.3, 0.4) is 0 Å². The molecule has 2 rings (SSSR count). The van der Waals surface area contributed by atoms with Gasteiger partial charge in [0.05, 0.1) is 6.20 Å². The summed E-state index contributed by atoms with van der Waals surface area (Å²) in [6.45, 7) is 3.73. The van der Waals surface area contributed by atoms with Gasteiger partial charge in [-0.15, -0.1) is 0 Å². The minimum atomic E-state index is 0.338. The minimum Gasteiger partial charge on any atom is -0.507 e. The average molecular weight is 215 g/mol. The van der Waals surface area contributed by atoms with Gasteiger partial charge in [0, 0.05) is 18.1 Å². The highest BCUT2D eigenvalue weighted by atomic mass is 16.3. The van der Waals surface area contributed by atoms with E-state index in [0.29, 0.717) is 11.6 Å². The van der Waals surface area contributed by atoms with Crippen molar-refractivity contribution in [2.45, 2.75) is 13.8 Å². The largest absolute Gasteiger partial charge is 0.507 e. The monoisotopic (exact) mass is 215 g/mol. The quantitative estimate of drug-likeness (QED) is 0.756. The van der Waals surface area contributed by atoms with Crippen molar-refractivity contribution in [3.05, 3.63) is 41.9 Å². The van der Waals surface area contributed by atoms with Crippen molar-refractivity contribution in [1.82, 2.24) is 9.97 Å². The van der Waals surface area contributed by atoms with Crippen molar-refractivity contribution >= 4 is 11.5 Å². The van der Waals surface area contributed by atoms with Gasteiger partial charge in [0.1, 0.15) is 11.6 Å². The fraction of sp³-hybridized carbons (Fsp3) is 0.167. The van der Waals surface area contributed by atoms with Crippen molar-refractivity contribution < 1.29 is 5.11 Å². The van der Waals surface area contributed by atoms with E-state index in [4.69, 9.17) is 0 Å². The van der Waals surface area contributed by atoms with E-state index in [0.717, 1.165) is 16.8 Å². The molecule has 1 heterocycles. The van der Waals surface area contributed by atoms with Crippen LogP contribution in [-0.4, -0.2) is 15.1 Å². The summed E-state index contributed by atoms with van der Waals surface area (Å²) in [6, 6.07) is 3.74. The molecule has 0 unspecified atom stereocenters. The van der Waals surface area contributed by atoms with Crippen LogP contribution in [0.15, 0.2) is 30.7 Å². The molecule has 0 aliphatic rings. The highest BCUT2D eigenvalue weighted by Gasteiger charge is 2.03. The Balaban J connectivity index is 2.29. The van der Waals surface area contributed by atoms with E-state index < -0.39 is 0 Å². The molecule has 0 bridgehead atoms. The Morgan fingerprint density at radius 3 is 2.38 bits per heavy atom. The maximum absolute atomic E-state index is 9.64. The summed E-state index contributed by atoms with van der Waals surface area (Å²) in [6.07, 6.45) is 4.90. The van der Waals surface area contributed by atoms with Crippen LogP contribution >= 0.6 is 0 Å². The van der Waals surface area contributed by atoms with Crippen molar-refractivity contribution in [2.24, 2.45) is 0 Å². The summed E-state index contributed by atoms with van der Waals surface area (Å²) in [5.41, 5.74) is 2.58. The van der Waals surface area contributed by atoms with Gasteiger partial charge in [0.25, 0.3) is 0 Å². The molecule has 4 heteroatoms. The third kappa shape index (κ3) is 2.11. The number of hydrogen-bond donors (Lipinski definition) is 2. The molecular formula is C12H13N3O. The molecule has 0 aliphatic carbocycles. The van der Waals surface area contributed by atoms with Crippen LogP contribution in [0.2, 0.25) is 0 Å². The van der Waals surface area contributed by atoms with Crippen LogP contribution in [0.25, 0.3) is 0 Å². The molecule has 0 fully saturated rings. The lowest BCUT2D eigenvalue weighted by molar-refractivity contribution is 0.467. The second kappa shape index (κ2) is 4.18. The van der Waals surface area contributed by atoms with Gasteiger partial charge in [0.2, 0.25) is 0 Å². The van der Waals surface area contributed by atoms with Gasteiger partial charge in [-0.05, 0) is 37.1 Å². The molecule has 1 aromatic heterocycles. The van der Waals surface area contributed by atoms with Crippen LogP contribution in [-0.2, 0) is 0 Å². The lowest BCUT2D eigenvalue weighted by Crippen LogP contribution is -1.95. The zero-order chi connectivity index (χ0) is 11.5. The van der Waals surface area contributed by atoms with Crippen LogP contribution < -0.4 is 5.32 Å². The molecule has 0 radical (unpaired) electrons. The molecule has 16 heavy (non-hydrogen) atoms. The summed E-state index contributed by atoms with van der Waals surface area (Å²) < 4.78 is 0. The molecule has 0 aliphatic heterocycles. The van der Waals surface area contributed by atoms with Crippen molar-refractivity contribution in [1.29, 1.82) is 0 Å². The van der Waals surface area contributed by atoms with Gasteiger partial charge in [-0.1, -0.05) is 0 Å². The lowest BCUT2D eigenvalue weighted by atomic mass is 10.1. The zero-order valence-corrected chi connectivity index (χ0v) is 9.23. The van der Waals surface area contributed by atoms with Crippen LogP contribution in [0.5, 0.6) is 5.75 Å². The van der Waals surface area contributed by atoms with Gasteiger partial charge in [-0.3, -0.25) is 4.98 Å². The van der Waals surface area contributed by atoms with Gasteiger partial charge < -0.3 is 10.4 Å². The Morgan fingerprint density at radius 1 is 1.12 bits per heavy atom. The number of nitrogens with one attached hydrogen (secondary N) is 1. The first-order valence-corrected chi connectivity index (χ1v) is 5.00. The van der Waals surface area contributed by atoms with Crippen molar-refractivity contribution in [2.75, 3.05) is 5.32 Å². The Kier molecular flexibility index (Phi) is 2.72. The number of aromatic nitrogens is 2. The lowest BCUT2D eigenvalue weighted by Gasteiger charge is -2.09. The smallest absolute Gasteiger partial charge is 0.148 e. The predicted octanol–water partition coefficient (Wildman–Crippen LogP) is 2.54. The number of benzene rings is 1. The van der Waals surface area contributed by atoms with Crippen LogP contribution in [0.1, 0.15) is 11.1 Å². The van der Waals surface area contributed by atoms with Crippen molar-refractivity contribution in [3.8, 4) is 5.75 Å². The number of hydrogen-bond acceptors (Lipinski definition) is 4. The summed E-state index contributed by atoms with van der Waals surface area (Å²) in [5.74, 6) is 1.02. The zero-order valence-electron chi connectivity index (χ0n) is 9.23. The van der Waals surface area contributed by atoms with Crippen molar-refractivity contribution in [3.63, 3.8) is 0 Å². The SMILES string of the molecule is Cc1cc(Nc2cnccn2)cc(C)c1O. The average Bonchev–Trinajstić information content (AvgIpc) is 2.27. The first-order valence-electron chi connectivity index (χ1n) is 5.00. The maximum atomic E-state index is 9.64. The number of nitrogens with zero attached hydrogens (tertiary/aromatic N) is 2. The van der Waals surface area contributed by atoms with Crippen LogP contribution in [0, 0.1) is 13.8 Å². The highest BCUT2D eigenvalue weighted by molar-refractivity contribution is 5.60. The van der Waals surface area contributed by atoms with Gasteiger partial charge >= 0.3 is 0 Å². The Bertz CT molecular complexity index is 474. The van der Waals surface area contributed by atoms with Gasteiger partial charge in [-0.2, -0.15) is 0 Å². The number of anilines is 2. The molecule has 2 aromatic rings. The number of aromatic hydroxyl groups is 1. The van der Waals surface area contributed by atoms with E-state index in [2.05, 4.69) is 15.3 Å². The standard InChI is InChI=1S/C12H13N3O/c1-8-5-10(6-9(2)12(8)16)15-11-7-13-3-4-14-11/h3-7,16H,1-2H3,(H,14,15). The fourth-order valence-corrected chi connectivity index (χ4v) is 1.54. The number of phenols is 1. The molecule has 0 amide bonds. The van der Waals surface area contributed by atoms with E-state index in [1.54, 1.807) is 18.6 Å². The molecule has 0 saturated carbocycles. The molecule has 0 spiro atoms. The molecule has 1 aromatic carbocycles. The first kappa shape index (κ1) is 10.4. The number of phenolic OH excluding ortho intramolecular Hbond substituents is 1. The molecule has 2 N–H and O–H groups in total. The Morgan fingerprint density at radius 2 is 1.81 bits per heavy atom. The fourth-order valence-electron chi connectivity index (χ4n) is 1.54. The molecule has 0 saturated heterocycles. The second-order valence-electron chi connectivity index (χ2n) is 3.67. The van der Waals surface area contributed by atoms with Gasteiger partial charge in [0.15, 0.2) is 0 Å². The van der Waals surface area contributed by atoms with E-state index in [1.807, 2.05) is 26.0 Å². The predicted molar refractivity (Wildman–Crippen MR) is 62.9 cm³/mol. The second-order valence-corrected chi connectivity index (χ2v) is 3.67. The molecule has 4 nitrogen and oxygen atoms in total. The normalized spacial score (nSPS) is 10.1. The summed E-state index contributed by atoms with van der Waals surface area (Å²) in [4.78, 5) is 8.09. The Labute approximate surface area is 94.0 Å². The summed E-state index contributed by atoms with van der Waals surface area (Å²) in [5, 5.41) is 12.8. The van der Waals surface area contributed by atoms with Gasteiger partial charge in [-0.25, -0.2) is 4.98 Å². The highest BCUT2D eigenvalue weighted by Crippen LogP contribution is 2.26. The van der Waals surface area contributed by atoms with E-state index in [1.165, 1.54) is 0 Å². The summed E-state index contributed by atoms with van der Waals surface area (Å²) >= 11 is 0. The topological polar surface area (TPSA) is 58.0 Å². The third-order valence-electron chi connectivity index (χ3n) is 2.33. The Hall–Kier alpha value is -2.10. The molecule has 82 valence electrons. The molecular weight excluding hydrogens is 202 g/mol. The number of rotatable bonds is 2. The van der Waals surface area contributed by atoms with Crippen LogP contribution in [0.4, 0.5) is 11.5 Å². The van der Waals surface area contributed by atoms with E-state index in [9.17, 15) is 5.11 Å². The maximum Gasteiger partial charge on any atom is 0.148 e. The van der Waals surface area contributed by atoms with E-state index >= 15 is 0 Å². The third-order valence-corrected chi connectivity index (χ3v) is 2.33. The molecule has 0 atom stereocenters. The first-order chi connectivity index (χ1) is 7.66.